The van der Waals surface area contributed by atoms with Crippen LogP contribution in [0.3, 0.4) is 0 Å². The molecule has 0 rings (SSSR count). The van der Waals surface area contributed by atoms with Crippen LogP contribution in [0.15, 0.2) is 16.6 Å². The van der Waals surface area contributed by atoms with Gasteiger partial charge in [-0.05, 0) is 20.3 Å². The van der Waals surface area contributed by atoms with Gasteiger partial charge in [0.15, 0.2) is 0 Å². The Bertz CT molecular complexity index is 156. The molecule has 5 N–H and O–H groups in total. The van der Waals surface area contributed by atoms with Crippen molar-refractivity contribution in [3.8, 4) is 0 Å². The lowest BCUT2D eigenvalue weighted by Gasteiger charge is -1.96. The quantitative estimate of drug-likeness (QED) is 0.136. The molecule has 4 nitrogen and oxygen atoms in total. The average molecular weight is 156 g/mol. The maximum atomic E-state index is 5.28. The summed E-state index contributed by atoms with van der Waals surface area (Å²) in [5, 5.41) is 0. The van der Waals surface area contributed by atoms with Crippen molar-refractivity contribution in [1.82, 2.24) is 5.43 Å². The van der Waals surface area contributed by atoms with Crippen molar-refractivity contribution in [3.05, 3.63) is 11.6 Å². The molecule has 0 heterocycles. The smallest absolute Gasteiger partial charge is 0.203 e. The Kier molecular flexibility index (Phi) is 5.20. The first-order valence-electron chi connectivity index (χ1n) is 3.56. The highest BCUT2D eigenvalue weighted by Crippen LogP contribution is 1.92. The van der Waals surface area contributed by atoms with Gasteiger partial charge in [0.25, 0.3) is 0 Å². The van der Waals surface area contributed by atoms with Crippen molar-refractivity contribution in [1.29, 1.82) is 0 Å². The van der Waals surface area contributed by atoms with E-state index < -0.39 is 0 Å². The summed E-state index contributed by atoms with van der Waals surface area (Å²) < 4.78 is 0. The molecule has 0 fully saturated rings. The third-order valence-electron chi connectivity index (χ3n) is 1.11. The lowest BCUT2D eigenvalue weighted by atomic mass is 10.3. The van der Waals surface area contributed by atoms with Crippen LogP contribution >= 0.6 is 0 Å². The Labute approximate surface area is 67.3 Å². The van der Waals surface area contributed by atoms with Crippen molar-refractivity contribution in [3.63, 3.8) is 0 Å². The van der Waals surface area contributed by atoms with Crippen molar-refractivity contribution in [2.75, 3.05) is 6.54 Å². The fourth-order valence-corrected chi connectivity index (χ4v) is 0.584. The van der Waals surface area contributed by atoms with Crippen molar-refractivity contribution < 1.29 is 0 Å². The Morgan fingerprint density at radius 1 is 1.55 bits per heavy atom. The van der Waals surface area contributed by atoms with Gasteiger partial charge in [-0.15, -0.1) is 0 Å². The van der Waals surface area contributed by atoms with E-state index in [0.29, 0.717) is 6.54 Å². The van der Waals surface area contributed by atoms with E-state index in [0.717, 1.165) is 6.42 Å². The topological polar surface area (TPSA) is 76.4 Å². The first kappa shape index (κ1) is 9.97. The molecular formula is C7H16N4. The van der Waals surface area contributed by atoms with Crippen molar-refractivity contribution >= 4 is 5.96 Å². The fourth-order valence-electron chi connectivity index (χ4n) is 0.584. The van der Waals surface area contributed by atoms with Crippen LogP contribution in [-0.4, -0.2) is 12.5 Å². The molecule has 0 radical (unpaired) electrons. The second kappa shape index (κ2) is 5.73. The maximum Gasteiger partial charge on any atom is 0.203 e. The van der Waals surface area contributed by atoms with Gasteiger partial charge in [0, 0.05) is 6.54 Å². The Morgan fingerprint density at radius 2 is 2.18 bits per heavy atom. The summed E-state index contributed by atoms with van der Waals surface area (Å²) in [6.07, 6.45) is 3.01. The summed E-state index contributed by atoms with van der Waals surface area (Å²) in [5.74, 6) is 5.28. The number of nitrogens with one attached hydrogen (secondary N) is 1. The third-order valence-corrected chi connectivity index (χ3v) is 1.11. The minimum atomic E-state index is 0.284. The molecule has 0 saturated carbocycles. The highest BCUT2D eigenvalue weighted by atomic mass is 15.3. The van der Waals surface area contributed by atoms with E-state index >= 15 is 0 Å². The van der Waals surface area contributed by atoms with E-state index in [1.165, 1.54) is 5.57 Å². The van der Waals surface area contributed by atoms with E-state index in [9.17, 15) is 0 Å². The molecule has 0 aliphatic carbocycles. The van der Waals surface area contributed by atoms with Crippen LogP contribution < -0.4 is 17.0 Å². The first-order chi connectivity index (χ1) is 5.16. The predicted octanol–water partition coefficient (Wildman–Crippen LogP) is 0.121. The molecule has 0 bridgehead atoms. The number of nitrogens with zero attached hydrogens (tertiary/aromatic N) is 1. The molecule has 0 aromatic carbocycles. The molecule has 0 atom stereocenters. The van der Waals surface area contributed by atoms with Crippen LogP contribution in [0.25, 0.3) is 0 Å². The molecule has 0 spiro atoms. The van der Waals surface area contributed by atoms with E-state index in [4.69, 9.17) is 11.6 Å². The summed E-state index contributed by atoms with van der Waals surface area (Å²) in [6, 6.07) is 0. The Hall–Kier alpha value is -1.03. The van der Waals surface area contributed by atoms with Gasteiger partial charge in [-0.1, -0.05) is 11.6 Å². The standard InChI is InChI=1S/C7H16N4/c1-6(2)4-3-5-10-7(8)11-9/h4H,3,5,9H2,1-2H3,(H3,8,10,11). The number of nitrogens with two attached hydrogens (primary N) is 2. The largest absolute Gasteiger partial charge is 0.369 e. The summed E-state index contributed by atoms with van der Waals surface area (Å²) >= 11 is 0. The molecule has 0 unspecified atom stereocenters. The normalized spacial score (nSPS) is 11.0. The van der Waals surface area contributed by atoms with Crippen LogP contribution in [0.5, 0.6) is 0 Å². The lowest BCUT2D eigenvalue weighted by Crippen LogP contribution is -2.37. The van der Waals surface area contributed by atoms with Gasteiger partial charge in [-0.2, -0.15) is 0 Å². The van der Waals surface area contributed by atoms with Crippen LogP contribution in [0.2, 0.25) is 0 Å². The molecule has 11 heavy (non-hydrogen) atoms. The summed E-state index contributed by atoms with van der Waals surface area (Å²) in [7, 11) is 0. The highest BCUT2D eigenvalue weighted by molar-refractivity contribution is 5.77. The lowest BCUT2D eigenvalue weighted by molar-refractivity contribution is 0.937. The zero-order valence-corrected chi connectivity index (χ0v) is 7.09. The predicted molar refractivity (Wildman–Crippen MR) is 47.9 cm³/mol. The third kappa shape index (κ3) is 6.86. The van der Waals surface area contributed by atoms with E-state index in [1.807, 2.05) is 13.8 Å². The maximum absolute atomic E-state index is 5.28. The van der Waals surface area contributed by atoms with Crippen LogP contribution in [-0.2, 0) is 0 Å². The summed E-state index contributed by atoms with van der Waals surface area (Å²) in [6.45, 7) is 4.78. The molecule has 64 valence electrons. The van der Waals surface area contributed by atoms with E-state index in [-0.39, 0.29) is 5.96 Å². The molecule has 0 saturated heterocycles. The van der Waals surface area contributed by atoms with Gasteiger partial charge < -0.3 is 5.73 Å². The van der Waals surface area contributed by atoms with E-state index in [2.05, 4.69) is 16.5 Å². The molecule has 4 heteroatoms. The number of hydrogen-bond donors (Lipinski definition) is 3. The van der Waals surface area contributed by atoms with Crippen molar-refractivity contribution in [2.24, 2.45) is 16.6 Å². The monoisotopic (exact) mass is 156 g/mol. The van der Waals surface area contributed by atoms with Gasteiger partial charge in [-0.3, -0.25) is 10.4 Å². The molecule has 0 aliphatic rings. The Balaban J connectivity index is 3.49. The summed E-state index contributed by atoms with van der Waals surface area (Å²) in [4.78, 5) is 3.93. The van der Waals surface area contributed by atoms with Gasteiger partial charge in [0.1, 0.15) is 0 Å². The van der Waals surface area contributed by atoms with Gasteiger partial charge >= 0.3 is 0 Å². The number of guanidine groups is 1. The van der Waals surface area contributed by atoms with Crippen LogP contribution in [0, 0.1) is 0 Å². The zero-order chi connectivity index (χ0) is 8.69. The summed E-state index contributed by atoms with van der Waals surface area (Å²) in [5.41, 5.74) is 8.83. The zero-order valence-electron chi connectivity index (χ0n) is 7.09. The number of aliphatic imine (C=N–C) groups is 1. The average Bonchev–Trinajstić information content (AvgIpc) is 1.97. The van der Waals surface area contributed by atoms with Crippen LogP contribution in [0.1, 0.15) is 20.3 Å². The number of rotatable bonds is 3. The highest BCUT2D eigenvalue weighted by Gasteiger charge is 1.83. The minimum Gasteiger partial charge on any atom is -0.369 e. The van der Waals surface area contributed by atoms with Crippen LogP contribution in [0.4, 0.5) is 0 Å². The van der Waals surface area contributed by atoms with Gasteiger partial charge in [0.05, 0.1) is 0 Å². The molecule has 0 aromatic rings. The number of allylic oxidation sites excluding steroid dienone is 1. The fraction of sp³-hybridized carbons (Fsp3) is 0.571. The number of hydrogen-bond acceptors (Lipinski definition) is 2. The Morgan fingerprint density at radius 3 is 2.64 bits per heavy atom. The molecule has 0 aliphatic heterocycles. The molecule has 0 aromatic heterocycles. The minimum absolute atomic E-state index is 0.284. The SMILES string of the molecule is CC(C)=CCCN=C(N)NN. The van der Waals surface area contributed by atoms with Gasteiger partial charge in [-0.25, -0.2) is 5.84 Å². The van der Waals surface area contributed by atoms with Gasteiger partial charge in [0.2, 0.25) is 5.96 Å². The van der Waals surface area contributed by atoms with E-state index in [1.54, 1.807) is 0 Å². The first-order valence-corrected chi connectivity index (χ1v) is 3.56. The second-order valence-electron chi connectivity index (χ2n) is 2.48. The molecule has 0 amide bonds. The number of hydrazine groups is 1. The van der Waals surface area contributed by atoms with Crippen molar-refractivity contribution in [2.45, 2.75) is 20.3 Å². The second-order valence-corrected chi connectivity index (χ2v) is 2.48. The molecular weight excluding hydrogens is 140 g/mol.